The van der Waals surface area contributed by atoms with E-state index in [9.17, 15) is 4.79 Å². The molecule has 0 saturated heterocycles. The molecule has 0 atom stereocenters. The van der Waals surface area contributed by atoms with Gasteiger partial charge in [-0.05, 0) is 43.0 Å². The maximum atomic E-state index is 12.5. The maximum Gasteiger partial charge on any atom is 0.276 e. The van der Waals surface area contributed by atoms with Crippen molar-refractivity contribution in [3.8, 4) is 0 Å². The molecule has 1 amide bonds. The first kappa shape index (κ1) is 17.0. The summed E-state index contributed by atoms with van der Waals surface area (Å²) in [6.45, 7) is 5.37. The number of anilines is 2. The van der Waals surface area contributed by atoms with Gasteiger partial charge >= 0.3 is 0 Å². The van der Waals surface area contributed by atoms with Crippen LogP contribution in [0.5, 0.6) is 0 Å². The Kier molecular flexibility index (Phi) is 4.84. The Balaban J connectivity index is 1.91. The quantitative estimate of drug-likeness (QED) is 0.484. The van der Waals surface area contributed by atoms with Gasteiger partial charge in [0.25, 0.3) is 5.91 Å². The molecule has 4 N–H and O–H groups in total. The topological polar surface area (TPSA) is 122 Å². The number of carbonyl (C=O) groups is 1. The third kappa shape index (κ3) is 3.64. The summed E-state index contributed by atoms with van der Waals surface area (Å²) in [6, 6.07) is 5.75. The van der Waals surface area contributed by atoms with Crippen molar-refractivity contribution in [2.45, 2.75) is 6.92 Å². The number of fused-ring (bicyclic) bond motifs is 1. The van der Waals surface area contributed by atoms with Gasteiger partial charge < -0.3 is 11.1 Å². The lowest BCUT2D eigenvalue weighted by molar-refractivity contribution is 0.102. The lowest BCUT2D eigenvalue weighted by atomic mass is 10.0. The zero-order chi connectivity index (χ0) is 18.5. The minimum absolute atomic E-state index is 0.140. The number of carbonyl (C=O) groups excluding carboxylic acids is 1. The number of nitrogens with zero attached hydrogens (tertiary/aromatic N) is 4. The smallest absolute Gasteiger partial charge is 0.276 e. The first-order chi connectivity index (χ1) is 12.6. The Labute approximate surface area is 149 Å². The predicted molar refractivity (Wildman–Crippen MR) is 103 cm³/mol. The number of nitrogen functional groups attached to an aromatic ring is 1. The average Bonchev–Trinajstić information content (AvgIpc) is 3.07. The Morgan fingerprint density at radius 3 is 2.85 bits per heavy atom. The highest BCUT2D eigenvalue weighted by Gasteiger charge is 2.15. The van der Waals surface area contributed by atoms with Crippen molar-refractivity contribution >= 4 is 40.7 Å². The van der Waals surface area contributed by atoms with Crippen LogP contribution in [0.25, 0.3) is 16.5 Å². The fourth-order valence-electron chi connectivity index (χ4n) is 2.37. The Hall–Kier alpha value is -3.81. The molecule has 3 rings (SSSR count). The molecule has 0 bridgehead atoms. The summed E-state index contributed by atoms with van der Waals surface area (Å²) in [4.78, 5) is 23.9. The maximum absolute atomic E-state index is 12.5. The van der Waals surface area contributed by atoms with Crippen LogP contribution < -0.4 is 11.1 Å². The highest BCUT2D eigenvalue weighted by atomic mass is 16.1. The van der Waals surface area contributed by atoms with Gasteiger partial charge in [-0.2, -0.15) is 5.10 Å². The van der Waals surface area contributed by atoms with Crippen LogP contribution in [-0.4, -0.2) is 32.8 Å². The van der Waals surface area contributed by atoms with Crippen LogP contribution in [0.15, 0.2) is 53.9 Å². The number of H-pyrrole nitrogens is 1. The second-order valence-corrected chi connectivity index (χ2v) is 5.49. The zero-order valence-corrected chi connectivity index (χ0v) is 14.1. The molecule has 0 aliphatic carbocycles. The number of aliphatic imine (C=N–C) groups is 1. The number of benzene rings is 1. The molecule has 0 radical (unpaired) electrons. The monoisotopic (exact) mass is 347 g/mol. The average molecular weight is 347 g/mol. The molecule has 0 aliphatic heterocycles. The number of nitrogens with two attached hydrogens (primary N) is 1. The van der Waals surface area contributed by atoms with Gasteiger partial charge in [-0.1, -0.05) is 12.1 Å². The van der Waals surface area contributed by atoms with E-state index in [1.165, 1.54) is 12.4 Å². The molecule has 0 aliphatic rings. The molecule has 130 valence electrons. The lowest BCUT2D eigenvalue weighted by Crippen LogP contribution is -2.13. The van der Waals surface area contributed by atoms with Crippen LogP contribution in [0.4, 0.5) is 11.6 Å². The minimum atomic E-state index is -0.362. The van der Waals surface area contributed by atoms with Gasteiger partial charge in [0, 0.05) is 11.6 Å². The number of aromatic amines is 1. The molecule has 8 nitrogen and oxygen atoms in total. The second kappa shape index (κ2) is 7.39. The molecular weight excluding hydrogens is 330 g/mol. The largest absolute Gasteiger partial charge is 0.368 e. The highest BCUT2D eigenvalue weighted by molar-refractivity contribution is 6.11. The number of rotatable bonds is 5. The van der Waals surface area contributed by atoms with E-state index in [4.69, 9.17) is 5.73 Å². The predicted octanol–water partition coefficient (Wildman–Crippen LogP) is 2.80. The molecule has 8 heteroatoms. The van der Waals surface area contributed by atoms with Gasteiger partial charge in [0.15, 0.2) is 5.69 Å². The fourth-order valence-corrected chi connectivity index (χ4v) is 2.37. The van der Waals surface area contributed by atoms with E-state index in [-0.39, 0.29) is 17.5 Å². The number of amides is 1. The molecule has 26 heavy (non-hydrogen) atoms. The lowest BCUT2D eigenvalue weighted by Gasteiger charge is -2.04. The van der Waals surface area contributed by atoms with E-state index in [0.717, 1.165) is 22.0 Å². The van der Waals surface area contributed by atoms with Crippen molar-refractivity contribution < 1.29 is 4.79 Å². The summed E-state index contributed by atoms with van der Waals surface area (Å²) in [5.41, 5.74) is 8.93. The van der Waals surface area contributed by atoms with Crippen LogP contribution in [0.3, 0.4) is 0 Å². The second-order valence-electron chi connectivity index (χ2n) is 5.49. The number of aromatic nitrogens is 4. The molecule has 0 spiro atoms. The zero-order valence-electron chi connectivity index (χ0n) is 14.1. The Morgan fingerprint density at radius 1 is 1.35 bits per heavy atom. The normalized spacial score (nSPS) is 11.8. The Bertz CT molecular complexity index is 1020. The minimum Gasteiger partial charge on any atom is -0.368 e. The van der Waals surface area contributed by atoms with E-state index < -0.39 is 0 Å². The van der Waals surface area contributed by atoms with Crippen molar-refractivity contribution in [3.05, 3.63) is 60.2 Å². The van der Waals surface area contributed by atoms with Gasteiger partial charge in [-0.25, -0.2) is 9.97 Å². The van der Waals surface area contributed by atoms with Gasteiger partial charge in [-0.3, -0.25) is 14.9 Å². The van der Waals surface area contributed by atoms with Crippen LogP contribution in [0, 0.1) is 0 Å². The van der Waals surface area contributed by atoms with Gasteiger partial charge in [-0.15, -0.1) is 0 Å². The molecular formula is C18H17N7O. The van der Waals surface area contributed by atoms with E-state index in [1.54, 1.807) is 12.3 Å². The van der Waals surface area contributed by atoms with Crippen molar-refractivity contribution in [2.24, 2.45) is 4.99 Å². The van der Waals surface area contributed by atoms with Crippen molar-refractivity contribution in [2.75, 3.05) is 11.1 Å². The third-order valence-corrected chi connectivity index (χ3v) is 3.70. The summed E-state index contributed by atoms with van der Waals surface area (Å²) in [6.07, 6.45) is 8.20. The van der Waals surface area contributed by atoms with Crippen molar-refractivity contribution in [1.29, 1.82) is 0 Å². The van der Waals surface area contributed by atoms with Crippen LogP contribution in [0.1, 0.15) is 23.0 Å². The number of allylic oxidation sites excluding steroid dienone is 3. The van der Waals surface area contributed by atoms with Gasteiger partial charge in [0.1, 0.15) is 0 Å². The van der Waals surface area contributed by atoms with Gasteiger partial charge in [0.2, 0.25) is 5.95 Å². The number of hydrogen-bond acceptors (Lipinski definition) is 6. The summed E-state index contributed by atoms with van der Waals surface area (Å²) in [5.74, 6) is -0.222. The first-order valence-corrected chi connectivity index (χ1v) is 7.75. The first-order valence-electron chi connectivity index (χ1n) is 7.75. The standard InChI is InChI=1S/C18H17N7O/c1-11(4-3-7-20-2)12-5-6-15-14(8-12)16(25-24-15)17(26)23-13-9-21-18(19)22-10-13/h3-10H,2H2,1H3,(H,23,26)(H,24,25)(H2,19,21,22)/b7-3-,11-4+. The number of nitrogens with one attached hydrogen (secondary N) is 2. The van der Waals surface area contributed by atoms with E-state index in [0.29, 0.717) is 5.69 Å². The van der Waals surface area contributed by atoms with Crippen LogP contribution >= 0.6 is 0 Å². The summed E-state index contributed by atoms with van der Waals surface area (Å²) < 4.78 is 0. The summed E-state index contributed by atoms with van der Waals surface area (Å²) in [7, 11) is 0. The third-order valence-electron chi connectivity index (χ3n) is 3.70. The van der Waals surface area contributed by atoms with Crippen LogP contribution in [0.2, 0.25) is 0 Å². The van der Waals surface area contributed by atoms with Crippen molar-refractivity contribution in [1.82, 2.24) is 20.2 Å². The molecule has 0 fully saturated rings. The highest BCUT2D eigenvalue weighted by Crippen LogP contribution is 2.23. The summed E-state index contributed by atoms with van der Waals surface area (Å²) in [5, 5.41) is 10.4. The van der Waals surface area contributed by atoms with E-state index in [1.807, 2.05) is 31.2 Å². The SMILES string of the molecule is C=N/C=C\C=C(/C)c1ccc2[nH]nc(C(=O)Nc3cnc(N)nc3)c2c1. The Morgan fingerprint density at radius 2 is 2.12 bits per heavy atom. The molecule has 2 heterocycles. The van der Waals surface area contributed by atoms with E-state index >= 15 is 0 Å². The molecule has 0 unspecified atom stereocenters. The van der Waals surface area contributed by atoms with Crippen molar-refractivity contribution in [3.63, 3.8) is 0 Å². The summed E-state index contributed by atoms with van der Waals surface area (Å²) >= 11 is 0. The van der Waals surface area contributed by atoms with E-state index in [2.05, 4.69) is 37.2 Å². The molecule has 0 saturated carbocycles. The number of hydrogen-bond donors (Lipinski definition) is 3. The molecule has 1 aromatic carbocycles. The van der Waals surface area contributed by atoms with Crippen LogP contribution in [-0.2, 0) is 0 Å². The fraction of sp³-hybridized carbons (Fsp3) is 0.0556. The molecule has 2 aromatic heterocycles. The van der Waals surface area contributed by atoms with Gasteiger partial charge in [0.05, 0.1) is 23.6 Å². The molecule has 3 aromatic rings.